The zero-order valence-electron chi connectivity index (χ0n) is 4.52. The molecule has 0 aliphatic heterocycles. The summed E-state index contributed by atoms with van der Waals surface area (Å²) in [6.45, 7) is 0. The normalized spacial score (nSPS) is 7.50. The second-order valence-corrected chi connectivity index (χ2v) is 0.706. The maximum atomic E-state index is 9.23. The van der Waals surface area contributed by atoms with E-state index in [0.29, 0.717) is 6.29 Å². The summed E-state index contributed by atoms with van der Waals surface area (Å²) in [5.74, 6) is 0. The van der Waals surface area contributed by atoms with Crippen molar-refractivity contribution in [3.8, 4) is 0 Å². The van der Waals surface area contributed by atoms with Crippen LogP contribution in [-0.2, 0) is 4.79 Å². The molecule has 0 spiro atoms. The molecule has 30 valence electrons. The molecule has 0 aromatic heterocycles. The molecule has 0 heterocycles. The van der Waals surface area contributed by atoms with E-state index in [2.05, 4.69) is 0 Å². The van der Waals surface area contributed by atoms with Gasteiger partial charge in [-0.3, -0.25) is 4.79 Å². The molecule has 3 heteroatoms. The molecule has 0 amide bonds. The Balaban J connectivity index is -0.0000000800. The summed E-state index contributed by atoms with van der Waals surface area (Å²) < 4.78 is 0. The van der Waals surface area contributed by atoms with Crippen LogP contribution >= 0.6 is 11.6 Å². The molecule has 1 nitrogen and oxygen atoms in total. The van der Waals surface area contributed by atoms with Gasteiger partial charge >= 0.3 is 29.6 Å². The third-order valence-corrected chi connectivity index (χ3v) is 0.297. The molecule has 0 aromatic carbocycles. The van der Waals surface area contributed by atoms with Gasteiger partial charge in [-0.1, -0.05) is 11.6 Å². The Morgan fingerprint density at radius 1 is 1.67 bits per heavy atom. The number of hydrogen-bond donors (Lipinski definition) is 0. The molecule has 0 fully saturated rings. The van der Waals surface area contributed by atoms with Crippen LogP contribution in [0.1, 0.15) is 1.43 Å². The third kappa shape index (κ3) is 8.83. The number of carbonyl (C=O) groups excluding carboxylic acids is 1. The number of allylic oxidation sites excluding steroid dienone is 1. The number of carbonyl (C=O) groups is 1. The summed E-state index contributed by atoms with van der Waals surface area (Å²) in [5, 5.41) is 0. The molecule has 0 aromatic rings. The van der Waals surface area contributed by atoms with Gasteiger partial charge in [-0.25, -0.2) is 0 Å². The first kappa shape index (κ1) is 9.85. The standard InChI is InChI=1S/C3H3ClO.Na.H/c4-2-1-3-5;;/h1-3H;;/q;+1;-1/b2-1-;;. The van der Waals surface area contributed by atoms with Crippen molar-refractivity contribution >= 4 is 17.9 Å². The Labute approximate surface area is 65.1 Å². The molecule has 0 N–H and O–H groups in total. The van der Waals surface area contributed by atoms with Gasteiger partial charge in [0.1, 0.15) is 6.29 Å². The minimum Gasteiger partial charge on any atom is -1.00 e. The first-order chi connectivity index (χ1) is 2.41. The van der Waals surface area contributed by atoms with Crippen LogP contribution < -0.4 is 29.6 Å². The van der Waals surface area contributed by atoms with Crippen LogP contribution in [0.2, 0.25) is 0 Å². The molecule has 6 heavy (non-hydrogen) atoms. The fourth-order valence-corrected chi connectivity index (χ4v) is 0.0891. The zero-order valence-corrected chi connectivity index (χ0v) is 6.27. The third-order valence-electron chi connectivity index (χ3n) is 0.151. The van der Waals surface area contributed by atoms with E-state index in [1.54, 1.807) is 0 Å². The summed E-state index contributed by atoms with van der Waals surface area (Å²) in [6, 6.07) is 0. The molecular weight excluding hydrogens is 110 g/mol. The Hall–Kier alpha value is 0.700. The summed E-state index contributed by atoms with van der Waals surface area (Å²) in [4.78, 5) is 9.23. The predicted octanol–water partition coefficient (Wildman–Crippen LogP) is -1.95. The summed E-state index contributed by atoms with van der Waals surface area (Å²) in [7, 11) is 0. The Kier molecular flexibility index (Phi) is 15.1. The Morgan fingerprint density at radius 2 is 2.17 bits per heavy atom. The monoisotopic (exact) mass is 114 g/mol. The average molecular weight is 115 g/mol. The molecule has 0 atom stereocenters. The van der Waals surface area contributed by atoms with E-state index in [0.717, 1.165) is 5.54 Å². The summed E-state index contributed by atoms with van der Waals surface area (Å²) in [5.41, 5.74) is 1.16. The van der Waals surface area contributed by atoms with E-state index < -0.39 is 0 Å². The maximum absolute atomic E-state index is 9.23. The van der Waals surface area contributed by atoms with Crippen molar-refractivity contribution in [1.82, 2.24) is 0 Å². The SMILES string of the molecule is O=C/C=C\Cl.[H-].[Na+]. The average Bonchev–Trinajstić information content (AvgIpc) is 1.41. The van der Waals surface area contributed by atoms with Gasteiger partial charge in [0, 0.05) is 5.54 Å². The smallest absolute Gasteiger partial charge is 1.00 e. The van der Waals surface area contributed by atoms with Gasteiger partial charge in [0.25, 0.3) is 0 Å². The minimum atomic E-state index is 0. The van der Waals surface area contributed by atoms with Crippen LogP contribution in [-0.4, -0.2) is 6.29 Å². The van der Waals surface area contributed by atoms with Gasteiger partial charge in [0.2, 0.25) is 0 Å². The minimum absolute atomic E-state index is 0. The zero-order chi connectivity index (χ0) is 4.12. The van der Waals surface area contributed by atoms with Gasteiger partial charge in [-0.15, -0.1) is 0 Å². The van der Waals surface area contributed by atoms with Crippen molar-refractivity contribution in [3.05, 3.63) is 11.6 Å². The molecule has 0 saturated carbocycles. The molecule has 0 rings (SSSR count). The largest absolute Gasteiger partial charge is 1.00 e. The van der Waals surface area contributed by atoms with Crippen LogP contribution in [0.15, 0.2) is 11.6 Å². The molecule has 0 unspecified atom stereocenters. The van der Waals surface area contributed by atoms with E-state index in [1.165, 1.54) is 6.08 Å². The first-order valence-corrected chi connectivity index (χ1v) is 1.56. The molecule has 0 aliphatic carbocycles. The number of aldehydes is 1. The fraction of sp³-hybridized carbons (Fsp3) is 0. The first-order valence-electron chi connectivity index (χ1n) is 1.12. The number of rotatable bonds is 1. The summed E-state index contributed by atoms with van der Waals surface area (Å²) in [6.07, 6.45) is 1.83. The van der Waals surface area contributed by atoms with Crippen LogP contribution in [0.3, 0.4) is 0 Å². The molecule has 0 saturated heterocycles. The molecule has 0 radical (unpaired) electrons. The maximum Gasteiger partial charge on any atom is 1.00 e. The van der Waals surface area contributed by atoms with E-state index in [1.807, 2.05) is 0 Å². The van der Waals surface area contributed by atoms with Gasteiger partial charge in [0.05, 0.1) is 0 Å². The molecule has 0 aliphatic rings. The second kappa shape index (κ2) is 9.20. The second-order valence-electron chi connectivity index (χ2n) is 0.455. The van der Waals surface area contributed by atoms with Crippen molar-refractivity contribution in [2.24, 2.45) is 0 Å². The fourth-order valence-electron chi connectivity index (χ4n) is 0.0297. The topological polar surface area (TPSA) is 17.1 Å². The van der Waals surface area contributed by atoms with Crippen LogP contribution in [0, 0.1) is 0 Å². The van der Waals surface area contributed by atoms with Gasteiger partial charge in [0.15, 0.2) is 0 Å². The predicted molar refractivity (Wildman–Crippen MR) is 22.2 cm³/mol. The number of halogens is 1. The van der Waals surface area contributed by atoms with Crippen molar-refractivity contribution in [1.29, 1.82) is 0 Å². The van der Waals surface area contributed by atoms with Gasteiger partial charge in [-0.2, -0.15) is 0 Å². The molecular formula is C3H4ClNaO. The Bertz CT molecular complexity index is 56.9. The van der Waals surface area contributed by atoms with Gasteiger partial charge < -0.3 is 1.43 Å². The van der Waals surface area contributed by atoms with Crippen molar-refractivity contribution < 1.29 is 35.8 Å². The number of hydrogen-bond acceptors (Lipinski definition) is 1. The van der Waals surface area contributed by atoms with Crippen molar-refractivity contribution in [3.63, 3.8) is 0 Å². The van der Waals surface area contributed by atoms with Gasteiger partial charge in [-0.05, 0) is 6.08 Å². The van der Waals surface area contributed by atoms with E-state index >= 15 is 0 Å². The van der Waals surface area contributed by atoms with Crippen molar-refractivity contribution in [2.45, 2.75) is 0 Å². The van der Waals surface area contributed by atoms with Crippen LogP contribution in [0.4, 0.5) is 0 Å². The Morgan fingerprint density at radius 3 is 2.17 bits per heavy atom. The van der Waals surface area contributed by atoms with E-state index in [9.17, 15) is 4.79 Å². The van der Waals surface area contributed by atoms with Crippen LogP contribution in [0.25, 0.3) is 0 Å². The van der Waals surface area contributed by atoms with Crippen molar-refractivity contribution in [2.75, 3.05) is 0 Å². The quantitative estimate of drug-likeness (QED) is 0.220. The van der Waals surface area contributed by atoms with E-state index in [-0.39, 0.29) is 31.0 Å². The van der Waals surface area contributed by atoms with Crippen LogP contribution in [0.5, 0.6) is 0 Å². The van der Waals surface area contributed by atoms with E-state index in [4.69, 9.17) is 11.6 Å². The molecule has 0 bridgehead atoms. The summed E-state index contributed by atoms with van der Waals surface area (Å²) >= 11 is 4.89.